The minimum atomic E-state index is -0.737. The van der Waals surface area contributed by atoms with E-state index >= 15 is 0 Å². The Morgan fingerprint density at radius 1 is 1.10 bits per heavy atom. The van der Waals surface area contributed by atoms with Crippen LogP contribution in [0.15, 0.2) is 0 Å². The number of carboxylic acid groups (broad SMARTS) is 1. The van der Waals surface area contributed by atoms with Crippen LogP contribution in [0.25, 0.3) is 0 Å². The average molecular weight is 313 g/mol. The Labute approximate surface area is 131 Å². The molecule has 1 heterocycles. The van der Waals surface area contributed by atoms with Gasteiger partial charge in [-0.15, -0.1) is 0 Å². The Kier molecular flexibility index (Phi) is 6.40. The molecule has 0 radical (unpaired) electrons. The summed E-state index contributed by atoms with van der Waals surface area (Å²) in [6.07, 6.45) is 8.33. The molecule has 2 rings (SSSR count). The first kappa shape index (κ1) is 16.7. The molecule has 0 aromatic heterocycles. The van der Waals surface area contributed by atoms with Crippen molar-refractivity contribution in [3.63, 3.8) is 0 Å². The molecule has 0 aromatic carbocycles. The first-order valence-electron chi connectivity index (χ1n) is 8.20. The van der Waals surface area contributed by atoms with Crippen molar-refractivity contribution < 1.29 is 14.7 Å². The molecular formula is C16H27NO3S. The van der Waals surface area contributed by atoms with Crippen LogP contribution in [0, 0.1) is 11.3 Å². The first-order chi connectivity index (χ1) is 10.1. The van der Waals surface area contributed by atoms with E-state index in [0.29, 0.717) is 31.7 Å². The average Bonchev–Trinajstić information content (AvgIpc) is 2.73. The zero-order valence-corrected chi connectivity index (χ0v) is 13.6. The maximum atomic E-state index is 12.1. The predicted molar refractivity (Wildman–Crippen MR) is 85.4 cm³/mol. The SMILES string of the molecule is O=C(CC1CCSCC1)NCC1(C(=O)O)CCCCCC1. The van der Waals surface area contributed by atoms with Gasteiger partial charge >= 0.3 is 5.97 Å². The molecule has 2 N–H and O–H groups in total. The Hall–Kier alpha value is -0.710. The van der Waals surface area contributed by atoms with Crippen LogP contribution in [0.3, 0.4) is 0 Å². The highest BCUT2D eigenvalue weighted by Crippen LogP contribution is 2.35. The van der Waals surface area contributed by atoms with E-state index in [1.807, 2.05) is 11.8 Å². The molecule has 0 aromatic rings. The summed E-state index contributed by atoms with van der Waals surface area (Å²) in [6.45, 7) is 0.308. The highest BCUT2D eigenvalue weighted by atomic mass is 32.2. The molecule has 1 amide bonds. The van der Waals surface area contributed by atoms with Gasteiger partial charge in [0.2, 0.25) is 5.91 Å². The minimum absolute atomic E-state index is 0.0387. The van der Waals surface area contributed by atoms with E-state index in [1.54, 1.807) is 0 Å². The molecule has 1 aliphatic heterocycles. The van der Waals surface area contributed by atoms with E-state index in [1.165, 1.54) is 0 Å². The van der Waals surface area contributed by atoms with Crippen molar-refractivity contribution in [2.24, 2.45) is 11.3 Å². The fraction of sp³-hybridized carbons (Fsp3) is 0.875. The maximum absolute atomic E-state index is 12.1. The van der Waals surface area contributed by atoms with Gasteiger partial charge in [0.15, 0.2) is 0 Å². The van der Waals surface area contributed by atoms with E-state index in [0.717, 1.165) is 50.0 Å². The second-order valence-electron chi connectivity index (χ2n) is 6.54. The van der Waals surface area contributed by atoms with E-state index in [-0.39, 0.29) is 5.91 Å². The van der Waals surface area contributed by atoms with E-state index < -0.39 is 11.4 Å². The Bertz CT molecular complexity index is 359. The quantitative estimate of drug-likeness (QED) is 0.766. The lowest BCUT2D eigenvalue weighted by molar-refractivity contribution is -0.149. The number of thioether (sulfide) groups is 1. The largest absolute Gasteiger partial charge is 0.481 e. The number of hydrogen-bond donors (Lipinski definition) is 2. The first-order valence-corrected chi connectivity index (χ1v) is 9.36. The summed E-state index contributed by atoms with van der Waals surface area (Å²) in [5.41, 5.74) is -0.728. The molecule has 0 spiro atoms. The zero-order chi connectivity index (χ0) is 15.1. The van der Waals surface area contributed by atoms with Crippen molar-refractivity contribution in [1.29, 1.82) is 0 Å². The van der Waals surface area contributed by atoms with E-state index in [4.69, 9.17) is 0 Å². The van der Waals surface area contributed by atoms with Gasteiger partial charge in [-0.2, -0.15) is 11.8 Å². The highest BCUT2D eigenvalue weighted by Gasteiger charge is 2.38. The molecule has 4 nitrogen and oxygen atoms in total. The molecule has 0 bridgehead atoms. The molecule has 120 valence electrons. The molecule has 2 aliphatic rings. The van der Waals surface area contributed by atoms with Crippen LogP contribution in [-0.2, 0) is 9.59 Å². The van der Waals surface area contributed by atoms with Crippen molar-refractivity contribution >= 4 is 23.6 Å². The van der Waals surface area contributed by atoms with Gasteiger partial charge in [-0.1, -0.05) is 25.7 Å². The van der Waals surface area contributed by atoms with Gasteiger partial charge in [0.05, 0.1) is 5.41 Å². The van der Waals surface area contributed by atoms with Crippen molar-refractivity contribution in [3.8, 4) is 0 Å². The number of nitrogens with one attached hydrogen (secondary N) is 1. The lowest BCUT2D eigenvalue weighted by atomic mass is 9.80. The molecular weight excluding hydrogens is 286 g/mol. The molecule has 2 fully saturated rings. The second-order valence-corrected chi connectivity index (χ2v) is 7.76. The lowest BCUT2D eigenvalue weighted by Crippen LogP contribution is -2.43. The summed E-state index contributed by atoms with van der Waals surface area (Å²) in [7, 11) is 0. The molecule has 5 heteroatoms. The monoisotopic (exact) mass is 313 g/mol. The summed E-state index contributed by atoms with van der Waals surface area (Å²) in [5, 5.41) is 12.5. The third kappa shape index (κ3) is 4.90. The summed E-state index contributed by atoms with van der Waals surface area (Å²) in [6, 6.07) is 0. The molecule has 0 unspecified atom stereocenters. The van der Waals surface area contributed by atoms with Gasteiger partial charge in [0.25, 0.3) is 0 Å². The van der Waals surface area contributed by atoms with E-state index in [9.17, 15) is 14.7 Å². The van der Waals surface area contributed by atoms with Crippen LogP contribution in [0.2, 0.25) is 0 Å². The molecule has 1 aliphatic carbocycles. The number of amides is 1. The van der Waals surface area contributed by atoms with Crippen LogP contribution in [-0.4, -0.2) is 35.0 Å². The second kappa shape index (κ2) is 8.06. The van der Waals surface area contributed by atoms with E-state index in [2.05, 4.69) is 5.32 Å². The topological polar surface area (TPSA) is 66.4 Å². The Morgan fingerprint density at radius 2 is 1.71 bits per heavy atom. The molecule has 1 saturated heterocycles. The maximum Gasteiger partial charge on any atom is 0.311 e. The molecule has 0 atom stereocenters. The summed E-state index contributed by atoms with van der Waals surface area (Å²) >= 11 is 1.96. The van der Waals surface area contributed by atoms with Crippen LogP contribution >= 0.6 is 11.8 Å². The lowest BCUT2D eigenvalue weighted by Gasteiger charge is -2.29. The van der Waals surface area contributed by atoms with Gasteiger partial charge in [0.1, 0.15) is 0 Å². The van der Waals surface area contributed by atoms with Crippen LogP contribution in [0.1, 0.15) is 57.8 Å². The van der Waals surface area contributed by atoms with Gasteiger partial charge in [-0.3, -0.25) is 9.59 Å². The summed E-state index contributed by atoms with van der Waals surface area (Å²) in [5.74, 6) is 2.09. The van der Waals surface area contributed by atoms with Gasteiger partial charge < -0.3 is 10.4 Å². The van der Waals surface area contributed by atoms with Gasteiger partial charge in [-0.05, 0) is 43.1 Å². The zero-order valence-electron chi connectivity index (χ0n) is 12.7. The van der Waals surface area contributed by atoms with Crippen molar-refractivity contribution in [2.45, 2.75) is 57.8 Å². The fourth-order valence-corrected chi connectivity index (χ4v) is 4.63. The standard InChI is InChI=1S/C16H27NO3S/c18-14(11-13-5-9-21-10-6-13)17-12-16(15(19)20)7-3-1-2-4-8-16/h13H,1-12H2,(H,17,18)(H,19,20). The van der Waals surface area contributed by atoms with Crippen LogP contribution in [0.5, 0.6) is 0 Å². The van der Waals surface area contributed by atoms with Crippen LogP contribution < -0.4 is 5.32 Å². The number of carboxylic acids is 1. The molecule has 21 heavy (non-hydrogen) atoms. The smallest absolute Gasteiger partial charge is 0.311 e. The molecule has 1 saturated carbocycles. The van der Waals surface area contributed by atoms with Crippen LogP contribution in [0.4, 0.5) is 0 Å². The summed E-state index contributed by atoms with van der Waals surface area (Å²) < 4.78 is 0. The third-order valence-electron chi connectivity index (χ3n) is 4.95. The number of rotatable bonds is 5. The normalized spacial score (nSPS) is 23.2. The third-order valence-corrected chi connectivity index (χ3v) is 6.00. The van der Waals surface area contributed by atoms with Crippen molar-refractivity contribution in [2.75, 3.05) is 18.1 Å². The number of carbonyl (C=O) groups is 2. The predicted octanol–water partition coefficient (Wildman–Crippen LogP) is 3.06. The Morgan fingerprint density at radius 3 is 2.29 bits per heavy atom. The van der Waals surface area contributed by atoms with Gasteiger partial charge in [-0.25, -0.2) is 0 Å². The number of carbonyl (C=O) groups excluding carboxylic acids is 1. The summed E-state index contributed by atoms with van der Waals surface area (Å²) in [4.78, 5) is 23.8. The van der Waals surface area contributed by atoms with Crippen molar-refractivity contribution in [1.82, 2.24) is 5.32 Å². The number of hydrogen-bond acceptors (Lipinski definition) is 3. The number of aliphatic carboxylic acids is 1. The Balaban J connectivity index is 1.83. The highest BCUT2D eigenvalue weighted by molar-refractivity contribution is 7.99. The van der Waals surface area contributed by atoms with Crippen molar-refractivity contribution in [3.05, 3.63) is 0 Å². The minimum Gasteiger partial charge on any atom is -0.481 e. The van der Waals surface area contributed by atoms with Gasteiger partial charge in [0, 0.05) is 13.0 Å². The fourth-order valence-electron chi connectivity index (χ4n) is 3.42.